The van der Waals surface area contributed by atoms with Crippen molar-refractivity contribution in [1.82, 2.24) is 14.2 Å². The molecule has 3 aromatic carbocycles. The quantitative estimate of drug-likeness (QED) is 0.201. The van der Waals surface area contributed by atoms with Gasteiger partial charge in [-0.2, -0.15) is 9.78 Å². The molecule has 0 spiro atoms. The average Bonchev–Trinajstić information content (AvgIpc) is 3.57. The molecule has 0 saturated carbocycles. The largest absolute Gasteiger partial charge is 0.322 e. The summed E-state index contributed by atoms with van der Waals surface area (Å²) in [7, 11) is 0. The summed E-state index contributed by atoms with van der Waals surface area (Å²) in [6, 6.07) is 28.6. The lowest BCUT2D eigenvalue weighted by molar-refractivity contribution is 0.102. The Kier molecular flexibility index (Phi) is 7.28. The number of hydrogen-bond acceptors (Lipinski definition) is 5. The summed E-state index contributed by atoms with van der Waals surface area (Å²) >= 11 is 1.71. The van der Waals surface area contributed by atoms with Gasteiger partial charge in [0.1, 0.15) is 5.00 Å². The zero-order valence-electron chi connectivity index (χ0n) is 24.6. The van der Waals surface area contributed by atoms with E-state index in [4.69, 9.17) is 10.1 Å². The number of carbonyl (C=O) groups is 1. The van der Waals surface area contributed by atoms with Gasteiger partial charge in [0.15, 0.2) is 5.82 Å². The first kappa shape index (κ1) is 27.7. The fraction of sp³-hybridized carbons (Fsp3) is 0.167. The van der Waals surface area contributed by atoms with Crippen molar-refractivity contribution in [3.63, 3.8) is 0 Å². The summed E-state index contributed by atoms with van der Waals surface area (Å²) in [5.74, 6) is 0.389. The fourth-order valence-corrected chi connectivity index (χ4v) is 7.51. The van der Waals surface area contributed by atoms with E-state index in [0.717, 1.165) is 70.0 Å². The van der Waals surface area contributed by atoms with Crippen molar-refractivity contribution in [3.05, 3.63) is 134 Å². The number of amides is 1. The minimum atomic E-state index is -0.231. The minimum Gasteiger partial charge on any atom is -0.322 e. The number of fused-ring (bicyclic) bond motifs is 2. The van der Waals surface area contributed by atoms with Crippen LogP contribution in [0.4, 0.5) is 5.69 Å². The van der Waals surface area contributed by atoms with E-state index >= 15 is 0 Å². The molecule has 0 radical (unpaired) electrons. The van der Waals surface area contributed by atoms with E-state index in [-0.39, 0.29) is 11.5 Å². The van der Waals surface area contributed by atoms with E-state index in [0.29, 0.717) is 16.7 Å². The summed E-state index contributed by atoms with van der Waals surface area (Å²) in [6.07, 6.45) is 5.82. The molecule has 1 aliphatic carbocycles. The van der Waals surface area contributed by atoms with Gasteiger partial charge in [-0.05, 0) is 75.4 Å². The molecule has 0 unspecified atom stereocenters. The second-order valence-corrected chi connectivity index (χ2v) is 12.1. The number of hydrogen-bond donors (Lipinski definition) is 1. The number of thiophene rings is 1. The van der Waals surface area contributed by atoms with Crippen LogP contribution in [0.2, 0.25) is 0 Å². The first-order chi connectivity index (χ1) is 21.5. The van der Waals surface area contributed by atoms with Gasteiger partial charge in [-0.25, -0.2) is 4.98 Å². The third kappa shape index (κ3) is 4.97. The first-order valence-corrected chi connectivity index (χ1v) is 15.6. The van der Waals surface area contributed by atoms with E-state index in [1.54, 1.807) is 23.6 Å². The summed E-state index contributed by atoms with van der Waals surface area (Å²) in [5, 5.41) is 9.27. The molecule has 44 heavy (non-hydrogen) atoms. The van der Waals surface area contributed by atoms with Gasteiger partial charge in [0.05, 0.1) is 22.7 Å². The number of carbonyl (C=O) groups excluding carboxylic acids is 1. The molecule has 1 aliphatic rings. The Morgan fingerprint density at radius 1 is 0.932 bits per heavy atom. The Labute approximate surface area is 259 Å². The van der Waals surface area contributed by atoms with Crippen molar-refractivity contribution in [2.24, 2.45) is 5.10 Å². The third-order valence-electron chi connectivity index (χ3n) is 8.18. The van der Waals surface area contributed by atoms with E-state index in [1.165, 1.54) is 9.55 Å². The van der Waals surface area contributed by atoms with Crippen LogP contribution < -0.4 is 10.9 Å². The van der Waals surface area contributed by atoms with Crippen molar-refractivity contribution in [2.45, 2.75) is 39.5 Å². The van der Waals surface area contributed by atoms with Crippen molar-refractivity contribution in [2.75, 3.05) is 5.32 Å². The van der Waals surface area contributed by atoms with Gasteiger partial charge in [-0.1, -0.05) is 60.7 Å². The Hall–Kier alpha value is -5.08. The Balaban J connectivity index is 1.33. The Bertz CT molecular complexity index is 2110. The lowest BCUT2D eigenvalue weighted by Crippen LogP contribution is -2.20. The summed E-state index contributed by atoms with van der Waals surface area (Å²) in [6.45, 7) is 4.08. The molecule has 0 atom stereocenters. The molecule has 218 valence electrons. The van der Waals surface area contributed by atoms with Crippen LogP contribution in [0.25, 0.3) is 27.3 Å². The van der Waals surface area contributed by atoms with E-state index in [1.807, 2.05) is 92.7 Å². The molecule has 7 rings (SSSR count). The van der Waals surface area contributed by atoms with Crippen LogP contribution in [-0.2, 0) is 12.8 Å². The van der Waals surface area contributed by atoms with E-state index in [2.05, 4.69) is 16.0 Å². The zero-order valence-corrected chi connectivity index (χ0v) is 25.4. The molecular formula is C36H31N5O2S. The highest BCUT2D eigenvalue weighted by molar-refractivity contribution is 7.15. The van der Waals surface area contributed by atoms with Gasteiger partial charge in [-0.15, -0.1) is 11.3 Å². The predicted octanol–water partition coefficient (Wildman–Crippen LogP) is 7.55. The molecule has 1 amide bonds. The number of aryl methyl sites for hydroxylation is 2. The van der Waals surface area contributed by atoms with Crippen LogP contribution in [0.15, 0.2) is 101 Å². The highest BCUT2D eigenvalue weighted by Gasteiger charge is 2.28. The normalized spacial score (nSPS) is 13.0. The number of para-hydroxylation sites is 2. The van der Waals surface area contributed by atoms with Gasteiger partial charge in [0.2, 0.25) is 0 Å². The van der Waals surface area contributed by atoms with Crippen molar-refractivity contribution < 1.29 is 4.79 Å². The Morgan fingerprint density at radius 3 is 2.43 bits per heavy atom. The van der Waals surface area contributed by atoms with Crippen LogP contribution in [0.5, 0.6) is 0 Å². The highest BCUT2D eigenvalue weighted by atomic mass is 32.1. The molecule has 3 heterocycles. The number of anilines is 1. The molecule has 0 aliphatic heterocycles. The number of aromatic nitrogens is 3. The molecule has 8 heteroatoms. The summed E-state index contributed by atoms with van der Waals surface area (Å²) in [5.41, 5.74) is 6.68. The lowest BCUT2D eigenvalue weighted by Gasteiger charge is -2.14. The van der Waals surface area contributed by atoms with Gasteiger partial charge in [0.25, 0.3) is 11.5 Å². The standard InChI is InChI=1S/C36H31N5O2S/c1-23-21-26(22-37-41-33(25-13-5-3-6-14-25)39-30-19-11-9-17-28(30)35(41)43)24(2)40(23)36-32(29-18-10-12-20-31(29)44-36)34(42)38-27-15-7-4-8-16-27/h3-9,11,13-17,19,21-22H,10,12,18,20H2,1-2H3,(H,38,42). The SMILES string of the molecule is Cc1cc(C=Nn2c(-c3ccccc3)nc3ccccc3c2=O)c(C)n1-c1sc2c(c1C(=O)Nc1ccccc1)CCCC2. The lowest BCUT2D eigenvalue weighted by atomic mass is 9.95. The monoisotopic (exact) mass is 597 g/mol. The molecule has 0 saturated heterocycles. The second-order valence-electron chi connectivity index (χ2n) is 11.1. The topological polar surface area (TPSA) is 81.3 Å². The third-order valence-corrected chi connectivity index (χ3v) is 9.46. The zero-order chi connectivity index (χ0) is 30.2. The van der Waals surface area contributed by atoms with Crippen LogP contribution in [0.3, 0.4) is 0 Å². The van der Waals surface area contributed by atoms with Crippen molar-refractivity contribution in [1.29, 1.82) is 0 Å². The molecule has 1 N–H and O–H groups in total. The number of nitrogens with one attached hydrogen (secondary N) is 1. The fourth-order valence-electron chi connectivity index (χ4n) is 6.01. The number of benzene rings is 3. The second kappa shape index (κ2) is 11.5. The summed E-state index contributed by atoms with van der Waals surface area (Å²) in [4.78, 5) is 33.6. The molecule has 0 bridgehead atoms. The van der Waals surface area contributed by atoms with Gasteiger partial charge in [-0.3, -0.25) is 9.59 Å². The maximum Gasteiger partial charge on any atom is 0.282 e. The van der Waals surface area contributed by atoms with Gasteiger partial charge in [0, 0.05) is 33.1 Å². The van der Waals surface area contributed by atoms with E-state index in [9.17, 15) is 9.59 Å². The van der Waals surface area contributed by atoms with Crippen molar-refractivity contribution in [3.8, 4) is 16.4 Å². The summed E-state index contributed by atoms with van der Waals surface area (Å²) < 4.78 is 3.54. The molecular weight excluding hydrogens is 566 g/mol. The van der Waals surface area contributed by atoms with Crippen LogP contribution >= 0.6 is 11.3 Å². The smallest absolute Gasteiger partial charge is 0.282 e. The van der Waals surface area contributed by atoms with Crippen LogP contribution in [0, 0.1) is 13.8 Å². The molecule has 6 aromatic rings. The Morgan fingerprint density at radius 2 is 1.64 bits per heavy atom. The average molecular weight is 598 g/mol. The molecule has 3 aromatic heterocycles. The minimum absolute atomic E-state index is 0.0883. The highest BCUT2D eigenvalue weighted by Crippen LogP contribution is 2.39. The predicted molar refractivity (Wildman–Crippen MR) is 179 cm³/mol. The first-order valence-electron chi connectivity index (χ1n) is 14.8. The van der Waals surface area contributed by atoms with Crippen LogP contribution in [-0.4, -0.2) is 26.3 Å². The molecule has 0 fully saturated rings. The maximum atomic E-state index is 13.8. The molecule has 7 nitrogen and oxygen atoms in total. The van der Waals surface area contributed by atoms with E-state index < -0.39 is 0 Å². The number of nitrogens with zero attached hydrogens (tertiary/aromatic N) is 4. The van der Waals surface area contributed by atoms with Gasteiger partial charge >= 0.3 is 0 Å². The van der Waals surface area contributed by atoms with Gasteiger partial charge < -0.3 is 9.88 Å². The van der Waals surface area contributed by atoms with Crippen LogP contribution in [0.1, 0.15) is 50.6 Å². The maximum absolute atomic E-state index is 13.8. The number of rotatable bonds is 6. The van der Waals surface area contributed by atoms with Crippen molar-refractivity contribution >= 4 is 40.0 Å².